The minimum absolute atomic E-state index is 0.0770. The van der Waals surface area contributed by atoms with E-state index in [0.29, 0.717) is 10.7 Å². The highest BCUT2D eigenvalue weighted by Crippen LogP contribution is 2.20. The van der Waals surface area contributed by atoms with Gasteiger partial charge in [0.2, 0.25) is 11.8 Å². The van der Waals surface area contributed by atoms with Crippen LogP contribution in [-0.2, 0) is 9.59 Å². The molecule has 0 spiro atoms. The number of anilines is 1. The summed E-state index contributed by atoms with van der Waals surface area (Å²) in [7, 11) is 0. The van der Waals surface area contributed by atoms with Crippen molar-refractivity contribution in [1.29, 1.82) is 0 Å². The number of benzene rings is 1. The second-order valence-corrected chi connectivity index (χ2v) is 5.00. The van der Waals surface area contributed by atoms with Gasteiger partial charge in [-0.05, 0) is 38.0 Å². The van der Waals surface area contributed by atoms with E-state index in [-0.39, 0.29) is 24.3 Å². The highest BCUT2D eigenvalue weighted by Gasteiger charge is 2.12. The molecule has 0 fully saturated rings. The van der Waals surface area contributed by atoms with Crippen molar-refractivity contribution >= 4 is 29.1 Å². The number of hydrogen-bond acceptors (Lipinski definition) is 2. The number of halogens is 1. The van der Waals surface area contributed by atoms with Crippen molar-refractivity contribution in [3.63, 3.8) is 0 Å². The Morgan fingerprint density at radius 1 is 1.32 bits per heavy atom. The molecule has 0 aliphatic carbocycles. The SMILES string of the molecule is CCC(C)NC(=O)CC(=O)Nc1cc(Cl)ccc1C. The average Bonchev–Trinajstić information content (AvgIpc) is 2.33. The van der Waals surface area contributed by atoms with Crippen molar-refractivity contribution in [2.75, 3.05) is 5.32 Å². The number of amides is 2. The fourth-order valence-electron chi connectivity index (χ4n) is 1.50. The Bertz CT molecular complexity index is 475. The van der Waals surface area contributed by atoms with Crippen molar-refractivity contribution in [1.82, 2.24) is 5.32 Å². The van der Waals surface area contributed by atoms with E-state index in [0.717, 1.165) is 12.0 Å². The number of carbonyl (C=O) groups is 2. The number of aryl methyl sites for hydroxylation is 1. The standard InChI is InChI=1S/C14H19ClN2O2/c1-4-10(3)16-13(18)8-14(19)17-12-7-11(15)6-5-9(12)2/h5-7,10H,4,8H2,1-3H3,(H,16,18)(H,17,19). The van der Waals surface area contributed by atoms with Crippen LogP contribution in [0.25, 0.3) is 0 Å². The zero-order valence-electron chi connectivity index (χ0n) is 11.4. The van der Waals surface area contributed by atoms with E-state index >= 15 is 0 Å². The number of nitrogens with one attached hydrogen (secondary N) is 2. The van der Waals surface area contributed by atoms with Crippen molar-refractivity contribution in [2.24, 2.45) is 0 Å². The molecule has 1 rings (SSSR count). The third-order valence-corrected chi connectivity index (χ3v) is 3.05. The summed E-state index contributed by atoms with van der Waals surface area (Å²) < 4.78 is 0. The molecule has 0 saturated heterocycles. The van der Waals surface area contributed by atoms with Gasteiger partial charge in [0, 0.05) is 16.8 Å². The molecule has 0 saturated carbocycles. The lowest BCUT2D eigenvalue weighted by Crippen LogP contribution is -2.34. The molecule has 2 amide bonds. The fourth-order valence-corrected chi connectivity index (χ4v) is 1.67. The Hall–Kier alpha value is -1.55. The quantitative estimate of drug-likeness (QED) is 0.816. The van der Waals surface area contributed by atoms with Crippen LogP contribution in [-0.4, -0.2) is 17.9 Å². The van der Waals surface area contributed by atoms with Gasteiger partial charge in [-0.1, -0.05) is 24.6 Å². The van der Waals surface area contributed by atoms with Crippen LogP contribution in [0.5, 0.6) is 0 Å². The lowest BCUT2D eigenvalue weighted by atomic mass is 10.2. The second-order valence-electron chi connectivity index (χ2n) is 4.56. The molecule has 0 aromatic heterocycles. The summed E-state index contributed by atoms with van der Waals surface area (Å²) in [4.78, 5) is 23.3. The van der Waals surface area contributed by atoms with Gasteiger partial charge in [0.15, 0.2) is 0 Å². The summed E-state index contributed by atoms with van der Waals surface area (Å²) in [6.07, 6.45) is 0.650. The van der Waals surface area contributed by atoms with Crippen LogP contribution >= 0.6 is 11.6 Å². The monoisotopic (exact) mass is 282 g/mol. The fraction of sp³-hybridized carbons (Fsp3) is 0.429. The molecule has 0 aliphatic heterocycles. The molecular formula is C14H19ClN2O2. The van der Waals surface area contributed by atoms with E-state index in [9.17, 15) is 9.59 Å². The average molecular weight is 283 g/mol. The first-order valence-electron chi connectivity index (χ1n) is 6.27. The predicted octanol–water partition coefficient (Wildman–Crippen LogP) is 2.89. The van der Waals surface area contributed by atoms with E-state index in [1.54, 1.807) is 12.1 Å². The first kappa shape index (κ1) is 15.5. The Kier molecular flexibility index (Phi) is 5.83. The molecule has 1 atom stereocenters. The van der Waals surface area contributed by atoms with E-state index in [1.165, 1.54) is 0 Å². The summed E-state index contributed by atoms with van der Waals surface area (Å²) in [6, 6.07) is 5.31. The molecule has 1 aromatic rings. The third kappa shape index (κ3) is 5.30. The number of hydrogen-bond donors (Lipinski definition) is 2. The van der Waals surface area contributed by atoms with Gasteiger partial charge in [-0.2, -0.15) is 0 Å². The molecule has 0 aliphatic rings. The van der Waals surface area contributed by atoms with Gasteiger partial charge in [-0.15, -0.1) is 0 Å². The van der Waals surface area contributed by atoms with Crippen LogP contribution < -0.4 is 10.6 Å². The van der Waals surface area contributed by atoms with Crippen LogP contribution in [0, 0.1) is 6.92 Å². The molecule has 5 heteroatoms. The van der Waals surface area contributed by atoms with Crippen molar-refractivity contribution in [2.45, 2.75) is 39.7 Å². The highest BCUT2D eigenvalue weighted by molar-refractivity contribution is 6.31. The first-order chi connectivity index (χ1) is 8.92. The van der Waals surface area contributed by atoms with Gasteiger partial charge in [0.25, 0.3) is 0 Å². The Balaban J connectivity index is 2.55. The lowest BCUT2D eigenvalue weighted by Gasteiger charge is -2.12. The molecular weight excluding hydrogens is 264 g/mol. The molecule has 0 heterocycles. The normalized spacial score (nSPS) is 11.8. The molecule has 1 unspecified atom stereocenters. The smallest absolute Gasteiger partial charge is 0.233 e. The second kappa shape index (κ2) is 7.14. The molecule has 4 nitrogen and oxygen atoms in total. The Morgan fingerprint density at radius 3 is 2.63 bits per heavy atom. The van der Waals surface area contributed by atoms with E-state index < -0.39 is 0 Å². The van der Waals surface area contributed by atoms with Crippen LogP contribution in [0.15, 0.2) is 18.2 Å². The molecule has 0 radical (unpaired) electrons. The van der Waals surface area contributed by atoms with Gasteiger partial charge >= 0.3 is 0 Å². The zero-order valence-corrected chi connectivity index (χ0v) is 12.2. The first-order valence-corrected chi connectivity index (χ1v) is 6.65. The molecule has 1 aromatic carbocycles. The van der Waals surface area contributed by atoms with Crippen LogP contribution in [0.1, 0.15) is 32.3 Å². The minimum Gasteiger partial charge on any atom is -0.353 e. The molecule has 0 bridgehead atoms. The number of rotatable bonds is 5. The highest BCUT2D eigenvalue weighted by atomic mass is 35.5. The molecule has 19 heavy (non-hydrogen) atoms. The van der Waals surface area contributed by atoms with E-state index in [1.807, 2.05) is 26.8 Å². The minimum atomic E-state index is -0.342. The topological polar surface area (TPSA) is 58.2 Å². The molecule has 104 valence electrons. The van der Waals surface area contributed by atoms with Gasteiger partial charge in [-0.25, -0.2) is 0 Å². The maximum absolute atomic E-state index is 11.7. The maximum Gasteiger partial charge on any atom is 0.233 e. The number of carbonyl (C=O) groups excluding carboxylic acids is 2. The maximum atomic E-state index is 11.7. The largest absolute Gasteiger partial charge is 0.353 e. The summed E-state index contributed by atoms with van der Waals surface area (Å²) in [6.45, 7) is 5.74. The summed E-state index contributed by atoms with van der Waals surface area (Å²) in [5.74, 6) is -0.613. The van der Waals surface area contributed by atoms with Gasteiger partial charge in [0.05, 0.1) is 0 Å². The lowest BCUT2D eigenvalue weighted by molar-refractivity contribution is -0.127. The van der Waals surface area contributed by atoms with Crippen LogP contribution in [0.3, 0.4) is 0 Å². The summed E-state index contributed by atoms with van der Waals surface area (Å²) >= 11 is 5.86. The van der Waals surface area contributed by atoms with Crippen molar-refractivity contribution in [3.8, 4) is 0 Å². The van der Waals surface area contributed by atoms with Gasteiger partial charge in [0.1, 0.15) is 6.42 Å². The zero-order chi connectivity index (χ0) is 14.4. The third-order valence-electron chi connectivity index (χ3n) is 2.81. The van der Waals surface area contributed by atoms with Crippen molar-refractivity contribution in [3.05, 3.63) is 28.8 Å². The predicted molar refractivity (Wildman–Crippen MR) is 77.3 cm³/mol. The van der Waals surface area contributed by atoms with E-state index in [4.69, 9.17) is 11.6 Å². The van der Waals surface area contributed by atoms with Crippen molar-refractivity contribution < 1.29 is 9.59 Å². The Labute approximate surface area is 118 Å². The summed E-state index contributed by atoms with van der Waals surface area (Å²) in [5.41, 5.74) is 1.54. The van der Waals surface area contributed by atoms with Gasteiger partial charge in [-0.3, -0.25) is 9.59 Å². The van der Waals surface area contributed by atoms with Gasteiger partial charge < -0.3 is 10.6 Å². The van der Waals surface area contributed by atoms with E-state index in [2.05, 4.69) is 10.6 Å². The summed E-state index contributed by atoms with van der Waals surface area (Å²) in [5, 5.41) is 5.98. The van der Waals surface area contributed by atoms with Crippen LogP contribution in [0.4, 0.5) is 5.69 Å². The molecule has 2 N–H and O–H groups in total. The Morgan fingerprint density at radius 2 is 2.00 bits per heavy atom. The van der Waals surface area contributed by atoms with Crippen LogP contribution in [0.2, 0.25) is 5.02 Å².